The van der Waals surface area contributed by atoms with Crippen LogP contribution in [0.4, 0.5) is 11.4 Å². The van der Waals surface area contributed by atoms with Crippen molar-refractivity contribution in [1.29, 1.82) is 0 Å². The smallest absolute Gasteiger partial charge is 0.255 e. The van der Waals surface area contributed by atoms with Gasteiger partial charge in [-0.15, -0.1) is 0 Å². The first-order valence-corrected chi connectivity index (χ1v) is 11.3. The fourth-order valence-electron chi connectivity index (χ4n) is 3.76. The van der Waals surface area contributed by atoms with Gasteiger partial charge in [-0.05, 0) is 97.5 Å². The molecular weight excluding hydrogens is 420 g/mol. The van der Waals surface area contributed by atoms with E-state index in [-0.39, 0.29) is 11.8 Å². The number of benzene rings is 4. The maximum absolute atomic E-state index is 12.7. The highest BCUT2D eigenvalue weighted by Gasteiger charge is 2.11. The fourth-order valence-corrected chi connectivity index (χ4v) is 3.76. The quantitative estimate of drug-likeness (QED) is 0.342. The lowest BCUT2D eigenvalue weighted by Gasteiger charge is -2.11. The molecular formula is C30H28N2O2. The minimum absolute atomic E-state index is 0.140. The van der Waals surface area contributed by atoms with Gasteiger partial charge in [0.2, 0.25) is 0 Å². The monoisotopic (exact) mass is 448 g/mol. The van der Waals surface area contributed by atoms with Gasteiger partial charge in [-0.2, -0.15) is 0 Å². The summed E-state index contributed by atoms with van der Waals surface area (Å²) in [5.41, 5.74) is 9.03. The van der Waals surface area contributed by atoms with E-state index < -0.39 is 0 Å². The summed E-state index contributed by atoms with van der Waals surface area (Å²) in [5, 5.41) is 5.98. The summed E-state index contributed by atoms with van der Waals surface area (Å²) in [6.45, 7) is 7.96. The van der Waals surface area contributed by atoms with Crippen molar-refractivity contribution in [2.24, 2.45) is 0 Å². The number of rotatable bonds is 5. The zero-order valence-corrected chi connectivity index (χ0v) is 19.9. The highest BCUT2D eigenvalue weighted by Crippen LogP contribution is 2.23. The Morgan fingerprint density at radius 2 is 0.853 bits per heavy atom. The summed E-state index contributed by atoms with van der Waals surface area (Å²) < 4.78 is 0. The van der Waals surface area contributed by atoms with E-state index in [0.29, 0.717) is 11.1 Å². The number of anilines is 2. The second-order valence-electron chi connectivity index (χ2n) is 8.70. The molecule has 0 unspecified atom stereocenters. The largest absolute Gasteiger partial charge is 0.322 e. The summed E-state index contributed by atoms with van der Waals surface area (Å²) in [6.07, 6.45) is 0. The van der Waals surface area contributed by atoms with Gasteiger partial charge in [0.1, 0.15) is 0 Å². The standard InChI is InChI=1S/C30H28N2O2/c1-19-5-7-21(3)27(17-19)31-29(33)25-13-9-23(10-14-25)24-11-15-26(16-12-24)30(34)32-28-18-20(2)6-8-22(28)4/h5-18H,1-4H3,(H,31,33)(H,32,34). The number of nitrogens with one attached hydrogen (secondary N) is 2. The van der Waals surface area contributed by atoms with Gasteiger partial charge in [-0.25, -0.2) is 0 Å². The molecule has 0 aliphatic heterocycles. The van der Waals surface area contributed by atoms with Gasteiger partial charge >= 0.3 is 0 Å². The molecule has 0 saturated heterocycles. The van der Waals surface area contributed by atoms with E-state index in [9.17, 15) is 9.59 Å². The number of carbonyl (C=O) groups excluding carboxylic acids is 2. The molecule has 4 nitrogen and oxygen atoms in total. The molecule has 0 bridgehead atoms. The second kappa shape index (κ2) is 9.75. The molecule has 0 fully saturated rings. The number of hydrogen-bond acceptors (Lipinski definition) is 2. The zero-order valence-electron chi connectivity index (χ0n) is 19.9. The predicted molar refractivity (Wildman–Crippen MR) is 140 cm³/mol. The maximum atomic E-state index is 12.7. The third-order valence-corrected chi connectivity index (χ3v) is 5.91. The molecule has 0 heterocycles. The van der Waals surface area contributed by atoms with Crippen molar-refractivity contribution in [3.8, 4) is 11.1 Å². The molecule has 0 aliphatic carbocycles. The number of amides is 2. The number of aryl methyl sites for hydroxylation is 4. The van der Waals surface area contributed by atoms with Crippen molar-refractivity contribution in [3.05, 3.63) is 118 Å². The molecule has 0 saturated carbocycles. The van der Waals surface area contributed by atoms with Crippen LogP contribution >= 0.6 is 0 Å². The summed E-state index contributed by atoms with van der Waals surface area (Å²) in [7, 11) is 0. The van der Waals surface area contributed by atoms with Crippen LogP contribution in [0.5, 0.6) is 0 Å². The van der Waals surface area contributed by atoms with E-state index in [0.717, 1.165) is 44.8 Å². The highest BCUT2D eigenvalue weighted by atomic mass is 16.2. The lowest BCUT2D eigenvalue weighted by atomic mass is 10.0. The van der Waals surface area contributed by atoms with Crippen LogP contribution in [0, 0.1) is 27.7 Å². The normalized spacial score (nSPS) is 10.6. The molecule has 4 aromatic rings. The molecule has 2 amide bonds. The van der Waals surface area contributed by atoms with E-state index in [1.165, 1.54) is 0 Å². The van der Waals surface area contributed by atoms with E-state index in [1.807, 2.05) is 113 Å². The molecule has 0 radical (unpaired) electrons. The number of carbonyl (C=O) groups is 2. The molecule has 0 atom stereocenters. The van der Waals surface area contributed by atoms with E-state index >= 15 is 0 Å². The van der Waals surface area contributed by atoms with Gasteiger partial charge < -0.3 is 10.6 Å². The summed E-state index contributed by atoms with van der Waals surface area (Å²) in [6, 6.07) is 26.9. The third-order valence-electron chi connectivity index (χ3n) is 5.91. The molecule has 34 heavy (non-hydrogen) atoms. The average molecular weight is 449 g/mol. The lowest BCUT2D eigenvalue weighted by molar-refractivity contribution is 0.101. The Bertz CT molecular complexity index is 1250. The van der Waals surface area contributed by atoms with E-state index in [4.69, 9.17) is 0 Å². The van der Waals surface area contributed by atoms with Gasteiger partial charge in [0.05, 0.1) is 0 Å². The van der Waals surface area contributed by atoms with Crippen LogP contribution in [-0.4, -0.2) is 11.8 Å². The Morgan fingerprint density at radius 3 is 1.21 bits per heavy atom. The van der Waals surface area contributed by atoms with Crippen molar-refractivity contribution >= 4 is 23.2 Å². The number of hydrogen-bond donors (Lipinski definition) is 2. The van der Waals surface area contributed by atoms with Crippen LogP contribution in [-0.2, 0) is 0 Å². The SMILES string of the molecule is Cc1ccc(C)c(NC(=O)c2ccc(-c3ccc(C(=O)Nc4cc(C)ccc4C)cc3)cc2)c1. The van der Waals surface area contributed by atoms with E-state index in [2.05, 4.69) is 10.6 Å². The van der Waals surface area contributed by atoms with Crippen LogP contribution in [0.25, 0.3) is 11.1 Å². The Labute approximate surface area is 200 Å². The first kappa shape index (κ1) is 23.0. The minimum Gasteiger partial charge on any atom is -0.322 e. The Balaban J connectivity index is 1.44. The lowest BCUT2D eigenvalue weighted by Crippen LogP contribution is -2.13. The fraction of sp³-hybridized carbons (Fsp3) is 0.133. The van der Waals surface area contributed by atoms with Crippen molar-refractivity contribution in [3.63, 3.8) is 0 Å². The van der Waals surface area contributed by atoms with Crippen LogP contribution in [0.2, 0.25) is 0 Å². The Kier molecular flexibility index (Phi) is 6.60. The van der Waals surface area contributed by atoms with Crippen LogP contribution in [0.1, 0.15) is 43.0 Å². The summed E-state index contributed by atoms with van der Waals surface area (Å²) >= 11 is 0. The van der Waals surface area contributed by atoms with Crippen LogP contribution in [0.3, 0.4) is 0 Å². The Hall–Kier alpha value is -4.18. The minimum atomic E-state index is -0.140. The van der Waals surface area contributed by atoms with Crippen molar-refractivity contribution in [2.75, 3.05) is 10.6 Å². The van der Waals surface area contributed by atoms with Crippen LogP contribution < -0.4 is 10.6 Å². The maximum Gasteiger partial charge on any atom is 0.255 e. The molecule has 4 aromatic carbocycles. The summed E-state index contributed by atoms with van der Waals surface area (Å²) in [4.78, 5) is 25.4. The first-order valence-electron chi connectivity index (χ1n) is 11.3. The first-order chi connectivity index (χ1) is 16.3. The van der Waals surface area contributed by atoms with Crippen molar-refractivity contribution in [1.82, 2.24) is 0 Å². The van der Waals surface area contributed by atoms with Crippen molar-refractivity contribution in [2.45, 2.75) is 27.7 Å². The van der Waals surface area contributed by atoms with Gasteiger partial charge in [0, 0.05) is 22.5 Å². The van der Waals surface area contributed by atoms with Gasteiger partial charge in [-0.1, -0.05) is 48.5 Å². The molecule has 170 valence electrons. The average Bonchev–Trinajstić information content (AvgIpc) is 2.84. The van der Waals surface area contributed by atoms with E-state index in [1.54, 1.807) is 0 Å². The molecule has 0 aliphatic rings. The summed E-state index contributed by atoms with van der Waals surface area (Å²) in [5.74, 6) is -0.280. The topological polar surface area (TPSA) is 58.2 Å². The highest BCUT2D eigenvalue weighted by molar-refractivity contribution is 6.05. The van der Waals surface area contributed by atoms with Gasteiger partial charge in [0.25, 0.3) is 11.8 Å². The van der Waals surface area contributed by atoms with Gasteiger partial charge in [-0.3, -0.25) is 9.59 Å². The van der Waals surface area contributed by atoms with Gasteiger partial charge in [0.15, 0.2) is 0 Å². The molecule has 0 aromatic heterocycles. The Morgan fingerprint density at radius 1 is 0.500 bits per heavy atom. The predicted octanol–water partition coefficient (Wildman–Crippen LogP) is 7.09. The molecule has 4 rings (SSSR count). The molecule has 2 N–H and O–H groups in total. The molecule has 0 spiro atoms. The molecule has 4 heteroatoms. The second-order valence-corrected chi connectivity index (χ2v) is 8.70. The van der Waals surface area contributed by atoms with Crippen molar-refractivity contribution < 1.29 is 9.59 Å². The van der Waals surface area contributed by atoms with Crippen LogP contribution in [0.15, 0.2) is 84.9 Å². The third kappa shape index (κ3) is 5.24. The zero-order chi connectivity index (χ0) is 24.2.